The predicted molar refractivity (Wildman–Crippen MR) is 123 cm³/mol. The monoisotopic (exact) mass is 456 g/mol. The van der Waals surface area contributed by atoms with Crippen LogP contribution in [-0.2, 0) is 27.8 Å². The number of halogens is 1. The summed E-state index contributed by atoms with van der Waals surface area (Å²) in [5.74, 6) is -0.345. The lowest BCUT2D eigenvalue weighted by Crippen LogP contribution is -2.41. The van der Waals surface area contributed by atoms with Crippen LogP contribution in [0.1, 0.15) is 16.7 Å². The van der Waals surface area contributed by atoms with Gasteiger partial charge in [0.05, 0.1) is 11.4 Å². The van der Waals surface area contributed by atoms with E-state index in [0.717, 1.165) is 16.7 Å². The Kier molecular flexibility index (Phi) is 7.85. The molecule has 0 aliphatic carbocycles. The molecule has 0 spiro atoms. The molecule has 0 atom stereocenters. The Morgan fingerprint density at radius 2 is 1.58 bits per heavy atom. The van der Waals surface area contributed by atoms with E-state index >= 15 is 0 Å². The first kappa shape index (κ1) is 23.0. The summed E-state index contributed by atoms with van der Waals surface area (Å²) in [6, 6.07) is 23.3. The summed E-state index contributed by atoms with van der Waals surface area (Å²) in [5.41, 5.74) is 2.91. The van der Waals surface area contributed by atoms with Crippen LogP contribution in [0.3, 0.4) is 0 Å². The highest BCUT2D eigenvalue weighted by Gasteiger charge is 2.27. The Morgan fingerprint density at radius 3 is 2.26 bits per heavy atom. The molecule has 0 aliphatic rings. The quantitative estimate of drug-likeness (QED) is 0.524. The van der Waals surface area contributed by atoms with Gasteiger partial charge in [0, 0.05) is 18.1 Å². The first-order chi connectivity index (χ1) is 14.9. The van der Waals surface area contributed by atoms with Crippen LogP contribution in [0.4, 0.5) is 0 Å². The van der Waals surface area contributed by atoms with Crippen LogP contribution in [0.2, 0.25) is 5.02 Å². The topological polar surface area (TPSA) is 66.5 Å². The Labute approximate surface area is 188 Å². The van der Waals surface area contributed by atoms with Gasteiger partial charge in [-0.3, -0.25) is 4.79 Å². The first-order valence-corrected chi connectivity index (χ1v) is 11.8. The molecular formula is C24H25ClN2O3S. The average Bonchev–Trinajstić information content (AvgIpc) is 2.76. The van der Waals surface area contributed by atoms with Crippen LogP contribution in [0.15, 0.2) is 83.8 Å². The number of rotatable bonds is 9. The molecule has 0 bridgehead atoms. The number of carbonyl (C=O) groups excluding carboxylic acids is 1. The van der Waals surface area contributed by atoms with Gasteiger partial charge >= 0.3 is 0 Å². The van der Waals surface area contributed by atoms with E-state index in [9.17, 15) is 13.2 Å². The molecule has 0 unspecified atom stereocenters. The molecule has 5 nitrogen and oxygen atoms in total. The smallest absolute Gasteiger partial charge is 0.243 e. The van der Waals surface area contributed by atoms with Crippen molar-refractivity contribution in [2.75, 3.05) is 13.1 Å². The highest BCUT2D eigenvalue weighted by Crippen LogP contribution is 2.21. The lowest BCUT2D eigenvalue weighted by atomic mass is 10.1. The van der Waals surface area contributed by atoms with Gasteiger partial charge in [0.2, 0.25) is 15.9 Å². The molecule has 0 radical (unpaired) electrons. The van der Waals surface area contributed by atoms with Crippen LogP contribution in [0.5, 0.6) is 0 Å². The van der Waals surface area contributed by atoms with E-state index in [1.165, 1.54) is 28.6 Å². The molecule has 3 aromatic carbocycles. The summed E-state index contributed by atoms with van der Waals surface area (Å²) in [5, 5.41) is 3.28. The van der Waals surface area contributed by atoms with Crippen LogP contribution < -0.4 is 5.32 Å². The maximum Gasteiger partial charge on any atom is 0.243 e. The summed E-state index contributed by atoms with van der Waals surface area (Å²) >= 11 is 5.91. The zero-order valence-corrected chi connectivity index (χ0v) is 18.9. The minimum absolute atomic E-state index is 0.0996. The van der Waals surface area contributed by atoms with Gasteiger partial charge in [0.1, 0.15) is 0 Å². The van der Waals surface area contributed by atoms with Gasteiger partial charge in [-0.25, -0.2) is 8.42 Å². The number of nitrogens with one attached hydrogen (secondary N) is 1. The second-order valence-electron chi connectivity index (χ2n) is 7.24. The Morgan fingerprint density at radius 1 is 0.935 bits per heavy atom. The Balaban J connectivity index is 1.76. The van der Waals surface area contributed by atoms with Crippen molar-refractivity contribution in [3.63, 3.8) is 0 Å². The fourth-order valence-electron chi connectivity index (χ4n) is 3.17. The second-order valence-corrected chi connectivity index (χ2v) is 9.61. The van der Waals surface area contributed by atoms with E-state index in [-0.39, 0.29) is 23.9 Å². The zero-order chi connectivity index (χ0) is 22.3. The van der Waals surface area contributed by atoms with Gasteiger partial charge < -0.3 is 5.32 Å². The van der Waals surface area contributed by atoms with Gasteiger partial charge in [-0.05, 0) is 54.3 Å². The van der Waals surface area contributed by atoms with E-state index < -0.39 is 10.0 Å². The van der Waals surface area contributed by atoms with Crippen LogP contribution >= 0.6 is 11.6 Å². The number of sulfonamides is 1. The molecule has 3 rings (SSSR count). The Hall–Kier alpha value is -2.67. The molecule has 31 heavy (non-hydrogen) atoms. The summed E-state index contributed by atoms with van der Waals surface area (Å²) in [6.07, 6.45) is 0.675. The van der Waals surface area contributed by atoms with Crippen LogP contribution in [-0.4, -0.2) is 31.7 Å². The maximum absolute atomic E-state index is 13.3. The molecule has 0 aliphatic heterocycles. The standard InChI is InChI=1S/C24H25ClN2O3S/c1-19-7-5-6-10-21(19)17-27(31(29,30)23-13-11-22(25)12-14-23)18-24(28)26-16-15-20-8-3-2-4-9-20/h2-14H,15-18H2,1H3,(H,26,28). The summed E-state index contributed by atoms with van der Waals surface area (Å²) < 4.78 is 27.8. The van der Waals surface area contributed by atoms with Crippen molar-refractivity contribution in [3.8, 4) is 0 Å². The van der Waals surface area contributed by atoms with E-state index in [4.69, 9.17) is 11.6 Å². The van der Waals surface area contributed by atoms with Gasteiger partial charge in [-0.15, -0.1) is 0 Å². The lowest BCUT2D eigenvalue weighted by Gasteiger charge is -2.23. The van der Waals surface area contributed by atoms with Crippen molar-refractivity contribution < 1.29 is 13.2 Å². The van der Waals surface area contributed by atoms with Crippen LogP contribution in [0.25, 0.3) is 0 Å². The number of carbonyl (C=O) groups is 1. The molecule has 1 N–H and O–H groups in total. The van der Waals surface area contributed by atoms with Crippen molar-refractivity contribution in [2.45, 2.75) is 24.8 Å². The average molecular weight is 457 g/mol. The largest absolute Gasteiger partial charge is 0.355 e. The Bertz CT molecular complexity index is 1120. The summed E-state index contributed by atoms with van der Waals surface area (Å²) in [7, 11) is -3.89. The number of aryl methyl sites for hydroxylation is 1. The molecule has 3 aromatic rings. The van der Waals surface area contributed by atoms with E-state index in [2.05, 4.69) is 5.32 Å². The van der Waals surface area contributed by atoms with Crippen molar-refractivity contribution in [1.82, 2.24) is 9.62 Å². The third-order valence-corrected chi connectivity index (χ3v) is 7.02. The maximum atomic E-state index is 13.3. The lowest BCUT2D eigenvalue weighted by molar-refractivity contribution is -0.121. The number of hydrogen-bond donors (Lipinski definition) is 1. The van der Waals surface area contributed by atoms with Gasteiger partial charge in [0.25, 0.3) is 0 Å². The SMILES string of the molecule is Cc1ccccc1CN(CC(=O)NCCc1ccccc1)S(=O)(=O)c1ccc(Cl)cc1. The molecule has 0 aromatic heterocycles. The number of benzene rings is 3. The predicted octanol–water partition coefficient (Wildman–Crippen LogP) is 4.20. The first-order valence-electron chi connectivity index (χ1n) is 9.97. The highest BCUT2D eigenvalue weighted by molar-refractivity contribution is 7.89. The molecule has 0 fully saturated rings. The van der Waals surface area contributed by atoms with Gasteiger partial charge in [-0.2, -0.15) is 4.31 Å². The molecule has 0 heterocycles. The van der Waals surface area contributed by atoms with Crippen LogP contribution in [0, 0.1) is 6.92 Å². The van der Waals surface area contributed by atoms with E-state index in [0.29, 0.717) is 18.0 Å². The van der Waals surface area contributed by atoms with E-state index in [1.54, 1.807) is 0 Å². The molecular weight excluding hydrogens is 432 g/mol. The fourth-order valence-corrected chi connectivity index (χ4v) is 4.67. The number of nitrogens with zero attached hydrogens (tertiary/aromatic N) is 1. The van der Waals surface area contributed by atoms with Crippen molar-refractivity contribution >= 4 is 27.5 Å². The fraction of sp³-hybridized carbons (Fsp3) is 0.208. The van der Waals surface area contributed by atoms with Crippen molar-refractivity contribution in [1.29, 1.82) is 0 Å². The molecule has 0 saturated carbocycles. The third-order valence-electron chi connectivity index (χ3n) is 4.96. The minimum Gasteiger partial charge on any atom is -0.355 e. The summed E-state index contributed by atoms with van der Waals surface area (Å²) in [6.45, 7) is 2.18. The van der Waals surface area contributed by atoms with Gasteiger partial charge in [-0.1, -0.05) is 66.2 Å². The minimum atomic E-state index is -3.89. The second kappa shape index (κ2) is 10.6. The molecule has 162 valence electrons. The van der Waals surface area contributed by atoms with Gasteiger partial charge in [0.15, 0.2) is 0 Å². The number of hydrogen-bond acceptors (Lipinski definition) is 3. The highest BCUT2D eigenvalue weighted by atomic mass is 35.5. The number of amides is 1. The summed E-state index contributed by atoms with van der Waals surface area (Å²) in [4.78, 5) is 12.7. The van der Waals surface area contributed by atoms with Crippen molar-refractivity contribution in [3.05, 3.63) is 101 Å². The van der Waals surface area contributed by atoms with E-state index in [1.807, 2.05) is 61.5 Å². The normalized spacial score (nSPS) is 11.5. The molecule has 7 heteroatoms. The molecule has 1 amide bonds. The zero-order valence-electron chi connectivity index (χ0n) is 17.3. The third kappa shape index (κ3) is 6.40. The molecule has 0 saturated heterocycles. The van der Waals surface area contributed by atoms with Crippen molar-refractivity contribution in [2.24, 2.45) is 0 Å².